The van der Waals surface area contributed by atoms with Gasteiger partial charge < -0.3 is 109 Å². The molecule has 0 amide bonds. The number of rotatable bonds is 63. The van der Waals surface area contributed by atoms with Crippen molar-refractivity contribution < 1.29 is 98.8 Å². The first-order valence-electron chi connectivity index (χ1n) is 34.9. The molecule has 109 heavy (non-hydrogen) atoms. The lowest BCUT2D eigenvalue weighted by atomic mass is 10.2. The van der Waals surface area contributed by atoms with Crippen molar-refractivity contribution in [2.24, 2.45) is 20.6 Å². The molecule has 0 bridgehead atoms. The fraction of sp³-hybridized carbons (Fsp3) is 0.710. The molecule has 47 heteroatoms. The summed E-state index contributed by atoms with van der Waals surface area (Å²) in [6.45, 7) is 2.02. The molecule has 0 aliphatic rings. The summed E-state index contributed by atoms with van der Waals surface area (Å²) >= 11 is 0. The molecule has 6 rings (SSSR count). The first-order chi connectivity index (χ1) is 52.8. The topological polar surface area (TPSA) is 606 Å². The van der Waals surface area contributed by atoms with Gasteiger partial charge in [-0.25, -0.2) is 33.6 Å². The van der Waals surface area contributed by atoms with E-state index in [9.17, 15) is 56.2 Å². The molecule has 6 aromatic heterocycles. The second-order valence-corrected chi connectivity index (χ2v) is 25.2. The Bertz CT molecular complexity index is 3570. The minimum atomic E-state index is -1.15. The molecule has 6 heterocycles. The normalized spacial score (nSPS) is 15.3. The predicted molar refractivity (Wildman–Crippen MR) is 371 cm³/mol. The Labute approximate surface area is 626 Å². The quantitative estimate of drug-likeness (QED) is 0.00977. The second-order valence-electron chi connectivity index (χ2n) is 25.2. The Kier molecular flexibility index (Phi) is 41.8. The van der Waals surface area contributed by atoms with E-state index in [4.69, 9.17) is 53.7 Å². The highest BCUT2D eigenvalue weighted by molar-refractivity contribution is 5.02. The molecule has 0 aliphatic heterocycles. The van der Waals surface area contributed by atoms with Crippen LogP contribution in [0.25, 0.3) is 0 Å². The summed E-state index contributed by atoms with van der Waals surface area (Å²) in [4.78, 5) is 1.73. The highest BCUT2D eigenvalue weighted by Gasteiger charge is 2.22. The number of nitrogens with zero attached hydrogens (tertiary/aromatic N) is 24. The van der Waals surface area contributed by atoms with Crippen LogP contribution in [0, 0.1) is 11.1 Å². The van der Waals surface area contributed by atoms with Crippen LogP contribution < -0.4 is 5.32 Å². The van der Waals surface area contributed by atoms with Gasteiger partial charge in [0.2, 0.25) is 0 Å². The Morgan fingerprint density at radius 1 is 0.477 bits per heavy atom. The van der Waals surface area contributed by atoms with Crippen LogP contribution in [-0.4, -0.2) is 337 Å². The highest BCUT2D eigenvalue weighted by Crippen LogP contribution is 2.15. The summed E-state index contributed by atoms with van der Waals surface area (Å²) in [6, 6.07) is 0. The molecule has 10 unspecified atom stereocenters. The van der Waals surface area contributed by atoms with E-state index in [1.165, 1.54) is 38.2 Å². The zero-order valence-corrected chi connectivity index (χ0v) is 61.5. The van der Waals surface area contributed by atoms with Crippen molar-refractivity contribution in [3.8, 4) is 0 Å². The minimum absolute atomic E-state index is 0.000872. The van der Waals surface area contributed by atoms with E-state index in [2.05, 4.69) is 87.8 Å². The molecule has 608 valence electrons. The fourth-order valence-electron chi connectivity index (χ4n) is 9.68. The van der Waals surface area contributed by atoms with E-state index in [0.29, 0.717) is 58.3 Å². The van der Waals surface area contributed by atoms with Gasteiger partial charge in [-0.3, -0.25) is 5.01 Å². The summed E-state index contributed by atoms with van der Waals surface area (Å²) in [6.07, 6.45) is 6.82. The molecule has 0 fully saturated rings. The molecule has 0 aromatic carbocycles. The van der Waals surface area contributed by atoms with Crippen LogP contribution in [0.2, 0.25) is 0 Å². The van der Waals surface area contributed by atoms with Crippen LogP contribution in [0.1, 0.15) is 60.9 Å². The standard InChI is InChI=1S/C62H105N27O20/c1-5-53(95)18-84-13-48(70-76-84)34-103-41-61(108-39-52-17-87(79-74-52)22-58(100)30-94)25-89-16-51(73-81-89)36-105-43-62(109-38-46(67-63)11-82(4)23-60(106-31-44(2)10-83(75-64)19-55(97)27-91)40-102-33-49-14-86(78-71-49)21-57(99)29-93)42-104-35-50-15-88(80-72-50)24-59(107-37-45(68-65-3)8-66-9-54(96)26-90)6-7-101-32-47-12-85(77-69-47)20-56(98)28-92/h8,10-17,53-64,66,90-100H,5-7,9,18-43H2,1-4H3/b44-10+,45-8-,46-11-,67-63?,68-65-,75-64?. The number of aromatic nitrogens is 18. The molecule has 0 radical (unpaired) electrons. The molecule has 0 aliphatic carbocycles. The SMILES string of the molecule is CCC(O)Cn1cc(COCC(Cn2cc(COCC(COCc3cn(CC(CCOCc4cn(CC(O)CO)nn4)OCC(=C/NCC(O)CO)/N=N\C)nn3)OC/C(=C/N(C)CC(COCc3cn(CC(O)CO)nn3)OC/C(C)=C/N(CC(O)CO)N=N)N=N)nn2)OCc2cn(CC(O)CO)nn2)nn1. The third-order valence-corrected chi connectivity index (χ3v) is 15.2. The van der Waals surface area contributed by atoms with Crippen molar-refractivity contribution in [3.63, 3.8) is 0 Å². The van der Waals surface area contributed by atoms with Crippen LogP contribution in [0.5, 0.6) is 0 Å². The molecule has 0 saturated carbocycles. The van der Waals surface area contributed by atoms with Gasteiger partial charge in [-0.2, -0.15) is 20.9 Å². The molecule has 6 aromatic rings. The summed E-state index contributed by atoms with van der Waals surface area (Å²) in [5.41, 5.74) is 19.7. The number of likely N-dealkylation sites (N-methyl/N-ethyl adjacent to an activating group) is 1. The zero-order chi connectivity index (χ0) is 78.6. The van der Waals surface area contributed by atoms with Gasteiger partial charge in [0, 0.05) is 52.4 Å². The van der Waals surface area contributed by atoms with Crippen LogP contribution in [0.4, 0.5) is 0 Å². The lowest BCUT2D eigenvalue weighted by Crippen LogP contribution is -2.33. The van der Waals surface area contributed by atoms with Crippen molar-refractivity contribution in [1.82, 2.24) is 105 Å². The van der Waals surface area contributed by atoms with Gasteiger partial charge in [0.25, 0.3) is 0 Å². The number of ether oxygens (including phenoxy) is 9. The van der Waals surface area contributed by atoms with Crippen molar-refractivity contribution in [3.05, 3.63) is 107 Å². The van der Waals surface area contributed by atoms with E-state index in [1.807, 2.05) is 6.92 Å². The van der Waals surface area contributed by atoms with E-state index >= 15 is 0 Å². The Hall–Kier alpha value is -8.54. The first-order valence-corrected chi connectivity index (χ1v) is 34.9. The smallest absolute Gasteiger partial charge is 0.108 e. The largest absolute Gasteiger partial charge is 0.394 e. The van der Waals surface area contributed by atoms with Crippen molar-refractivity contribution in [2.45, 2.75) is 167 Å². The molecular weight excluding hydrogens is 1440 g/mol. The van der Waals surface area contributed by atoms with Crippen LogP contribution in [-0.2, 0) is 122 Å². The molecule has 0 saturated heterocycles. The van der Waals surface area contributed by atoms with Crippen molar-refractivity contribution in [2.75, 3.05) is 120 Å². The lowest BCUT2D eigenvalue weighted by molar-refractivity contribution is -0.0617. The van der Waals surface area contributed by atoms with Crippen LogP contribution >= 0.6 is 0 Å². The van der Waals surface area contributed by atoms with Gasteiger partial charge in [-0.15, -0.1) is 30.6 Å². The summed E-state index contributed by atoms with van der Waals surface area (Å²) in [7, 11) is 3.22. The van der Waals surface area contributed by atoms with Gasteiger partial charge in [0.15, 0.2) is 0 Å². The Morgan fingerprint density at radius 3 is 1.33 bits per heavy atom. The van der Waals surface area contributed by atoms with Gasteiger partial charge in [-0.1, -0.05) is 43.4 Å². The van der Waals surface area contributed by atoms with E-state index < -0.39 is 94.1 Å². The Balaban J connectivity index is 1.16. The maximum atomic E-state index is 10.1. The summed E-state index contributed by atoms with van der Waals surface area (Å²) in [5, 5.41) is 175. The number of aliphatic hydroxyl groups is 11. The number of aliphatic hydroxyl groups excluding tert-OH is 11. The zero-order valence-electron chi connectivity index (χ0n) is 61.5. The third kappa shape index (κ3) is 36.2. The monoisotopic (exact) mass is 1550 g/mol. The fourth-order valence-corrected chi connectivity index (χ4v) is 9.68. The molecule has 0 spiro atoms. The number of azo groups is 1. The van der Waals surface area contributed by atoms with Crippen LogP contribution in [0.15, 0.2) is 93.3 Å². The Morgan fingerprint density at radius 2 is 0.881 bits per heavy atom. The molecule has 14 N–H and O–H groups in total. The van der Waals surface area contributed by atoms with Crippen LogP contribution in [0.3, 0.4) is 0 Å². The summed E-state index contributed by atoms with van der Waals surface area (Å²) in [5.74, 6) is 0. The van der Waals surface area contributed by atoms with Gasteiger partial charge in [0.05, 0.1) is 251 Å². The maximum Gasteiger partial charge on any atom is 0.108 e. The van der Waals surface area contributed by atoms with Gasteiger partial charge in [0.1, 0.15) is 57.8 Å². The second kappa shape index (κ2) is 51.0. The number of nitrogens with one attached hydrogen (secondary N) is 3. The van der Waals surface area contributed by atoms with Crippen molar-refractivity contribution >= 4 is 0 Å². The van der Waals surface area contributed by atoms with Gasteiger partial charge in [-0.05, 0) is 25.3 Å². The first kappa shape index (κ1) is 89.4. The molecule has 10 atom stereocenters. The summed E-state index contributed by atoms with van der Waals surface area (Å²) < 4.78 is 64.5. The predicted octanol–water partition coefficient (Wildman–Crippen LogP) is -4.24. The molecular formula is C62H105N27O20. The highest BCUT2D eigenvalue weighted by atomic mass is 16.6. The van der Waals surface area contributed by atoms with Gasteiger partial charge >= 0.3 is 0 Å². The van der Waals surface area contributed by atoms with Crippen molar-refractivity contribution in [1.29, 1.82) is 11.1 Å². The third-order valence-electron chi connectivity index (χ3n) is 15.2. The van der Waals surface area contributed by atoms with E-state index in [0.717, 1.165) is 5.01 Å². The average Bonchev–Trinajstić information content (AvgIpc) is 1.80. The van der Waals surface area contributed by atoms with E-state index in [1.54, 1.807) is 71.6 Å². The lowest BCUT2D eigenvalue weighted by Gasteiger charge is -2.24. The number of hydrogen-bond donors (Lipinski definition) is 14. The minimum Gasteiger partial charge on any atom is -0.394 e. The maximum absolute atomic E-state index is 10.1. The number of hydrogen-bond acceptors (Lipinski definition) is 40. The molecule has 47 nitrogen and oxygen atoms in total. The van der Waals surface area contributed by atoms with E-state index in [-0.39, 0.29) is 157 Å². The average molecular weight is 1550 g/mol.